The number of ether oxygens (including phenoxy) is 1. The highest BCUT2D eigenvalue weighted by molar-refractivity contribution is 6.30. The Hall–Kier alpha value is -1.66. The molecule has 2 rings (SSSR count). The Morgan fingerprint density at radius 1 is 1.38 bits per heavy atom. The van der Waals surface area contributed by atoms with Gasteiger partial charge in [0.2, 0.25) is 0 Å². The first kappa shape index (κ1) is 15.7. The summed E-state index contributed by atoms with van der Waals surface area (Å²) in [5.74, 6) is -2.38. The number of carbonyl (C=O) groups is 2. The van der Waals surface area contributed by atoms with Crippen LogP contribution in [-0.2, 0) is 9.53 Å². The molecular weight excluding hydrogens is 301 g/mol. The van der Waals surface area contributed by atoms with Crippen LogP contribution in [0, 0.1) is 11.2 Å². The number of halogens is 2. The van der Waals surface area contributed by atoms with E-state index in [1.165, 1.54) is 12.1 Å². The molecule has 0 bridgehead atoms. The van der Waals surface area contributed by atoms with Gasteiger partial charge < -0.3 is 15.2 Å². The predicted molar refractivity (Wildman–Crippen MR) is 73.9 cm³/mol. The molecule has 1 heterocycles. The molecule has 0 unspecified atom stereocenters. The Bertz CT molecular complexity index is 558. The van der Waals surface area contributed by atoms with Crippen molar-refractivity contribution in [1.29, 1.82) is 0 Å². The second kappa shape index (κ2) is 6.41. The fourth-order valence-electron chi connectivity index (χ4n) is 2.25. The molecule has 21 heavy (non-hydrogen) atoms. The van der Waals surface area contributed by atoms with Crippen LogP contribution in [0.2, 0.25) is 5.02 Å². The van der Waals surface area contributed by atoms with Crippen molar-refractivity contribution in [1.82, 2.24) is 5.32 Å². The van der Waals surface area contributed by atoms with Crippen LogP contribution in [0.1, 0.15) is 23.2 Å². The van der Waals surface area contributed by atoms with E-state index in [2.05, 4.69) is 5.32 Å². The number of nitrogens with one attached hydrogen (secondary N) is 1. The van der Waals surface area contributed by atoms with Crippen LogP contribution >= 0.6 is 11.6 Å². The van der Waals surface area contributed by atoms with Crippen LogP contribution in [0.4, 0.5) is 4.39 Å². The molecular formula is C14H15ClFNO4. The fourth-order valence-corrected chi connectivity index (χ4v) is 2.41. The lowest BCUT2D eigenvalue weighted by Crippen LogP contribution is -2.46. The van der Waals surface area contributed by atoms with Gasteiger partial charge in [-0.3, -0.25) is 9.59 Å². The van der Waals surface area contributed by atoms with Crippen LogP contribution in [0.25, 0.3) is 0 Å². The Balaban J connectivity index is 2.07. The van der Waals surface area contributed by atoms with Crippen molar-refractivity contribution in [2.24, 2.45) is 5.41 Å². The fraction of sp³-hybridized carbons (Fsp3) is 0.429. The standard InChI is InChI=1S/C14H15ClFNO4/c15-9-1-2-10(11(16)7-9)12(18)17-8-14(13(19)20)3-5-21-6-4-14/h1-2,7H,3-6,8H2,(H,17,18)(H,19,20). The minimum atomic E-state index is -1.06. The van der Waals surface area contributed by atoms with Crippen molar-refractivity contribution in [3.8, 4) is 0 Å². The molecule has 7 heteroatoms. The maximum Gasteiger partial charge on any atom is 0.311 e. The van der Waals surface area contributed by atoms with Crippen LogP contribution in [-0.4, -0.2) is 36.7 Å². The Labute approximate surface area is 126 Å². The first-order chi connectivity index (χ1) is 9.94. The number of hydrogen-bond acceptors (Lipinski definition) is 3. The molecule has 0 radical (unpaired) electrons. The predicted octanol–water partition coefficient (Wildman–Crippen LogP) is 2.09. The second-order valence-corrected chi connectivity index (χ2v) is 5.44. The molecule has 1 aliphatic rings. The summed E-state index contributed by atoms with van der Waals surface area (Å²) < 4.78 is 18.8. The number of carbonyl (C=O) groups excluding carboxylic acids is 1. The molecule has 1 aromatic rings. The van der Waals surface area contributed by atoms with Gasteiger partial charge in [0, 0.05) is 24.8 Å². The minimum absolute atomic E-state index is 0.0629. The summed E-state index contributed by atoms with van der Waals surface area (Å²) in [5.41, 5.74) is -1.22. The molecule has 0 aliphatic carbocycles. The highest BCUT2D eigenvalue weighted by Gasteiger charge is 2.40. The summed E-state index contributed by atoms with van der Waals surface area (Å²) in [6.07, 6.45) is 0.622. The molecule has 5 nitrogen and oxygen atoms in total. The number of rotatable bonds is 4. The second-order valence-electron chi connectivity index (χ2n) is 5.00. The third-order valence-corrected chi connectivity index (χ3v) is 3.90. The van der Waals surface area contributed by atoms with Crippen LogP contribution in [0.5, 0.6) is 0 Å². The lowest BCUT2D eigenvalue weighted by atomic mass is 9.80. The summed E-state index contributed by atoms with van der Waals surface area (Å²) >= 11 is 5.62. The van der Waals surface area contributed by atoms with Gasteiger partial charge in [0.05, 0.1) is 11.0 Å². The zero-order chi connectivity index (χ0) is 15.5. The largest absolute Gasteiger partial charge is 0.481 e. The maximum absolute atomic E-state index is 13.6. The van der Waals surface area contributed by atoms with Crippen molar-refractivity contribution in [2.45, 2.75) is 12.8 Å². The first-order valence-corrected chi connectivity index (χ1v) is 6.87. The maximum atomic E-state index is 13.6. The number of hydrogen-bond donors (Lipinski definition) is 2. The Morgan fingerprint density at radius 2 is 2.05 bits per heavy atom. The summed E-state index contributed by atoms with van der Waals surface area (Å²) in [5, 5.41) is 12.0. The highest BCUT2D eigenvalue weighted by atomic mass is 35.5. The van der Waals surface area contributed by atoms with Crippen LogP contribution in [0.3, 0.4) is 0 Å². The van der Waals surface area contributed by atoms with Crippen molar-refractivity contribution in [2.75, 3.05) is 19.8 Å². The van der Waals surface area contributed by atoms with Gasteiger partial charge in [0.1, 0.15) is 5.82 Å². The van der Waals surface area contributed by atoms with Gasteiger partial charge in [-0.2, -0.15) is 0 Å². The SMILES string of the molecule is O=C(NCC1(C(=O)O)CCOCC1)c1ccc(Cl)cc1F. The summed E-state index contributed by atoms with van der Waals surface area (Å²) in [7, 11) is 0. The van der Waals surface area contributed by atoms with Gasteiger partial charge in [-0.15, -0.1) is 0 Å². The van der Waals surface area contributed by atoms with Crippen LogP contribution < -0.4 is 5.32 Å². The first-order valence-electron chi connectivity index (χ1n) is 6.49. The lowest BCUT2D eigenvalue weighted by Gasteiger charge is -2.33. The lowest BCUT2D eigenvalue weighted by molar-refractivity contribution is -0.154. The quantitative estimate of drug-likeness (QED) is 0.892. The van der Waals surface area contributed by atoms with E-state index in [0.717, 1.165) is 6.07 Å². The molecule has 1 fully saturated rings. The van der Waals surface area contributed by atoms with E-state index in [4.69, 9.17) is 16.3 Å². The zero-order valence-electron chi connectivity index (χ0n) is 11.2. The van der Waals surface area contributed by atoms with Gasteiger partial charge in [0.25, 0.3) is 5.91 Å². The molecule has 0 atom stereocenters. The molecule has 2 N–H and O–H groups in total. The van der Waals surface area contributed by atoms with Gasteiger partial charge in [0.15, 0.2) is 0 Å². The van der Waals surface area contributed by atoms with E-state index < -0.39 is 23.1 Å². The average molecular weight is 316 g/mol. The molecule has 1 amide bonds. The smallest absolute Gasteiger partial charge is 0.311 e. The molecule has 0 spiro atoms. The molecule has 1 aliphatic heterocycles. The van der Waals surface area contributed by atoms with Crippen molar-refractivity contribution < 1.29 is 23.8 Å². The number of carboxylic acid groups (broad SMARTS) is 1. The Kier molecular flexibility index (Phi) is 4.80. The van der Waals surface area contributed by atoms with E-state index in [-0.39, 0.29) is 17.1 Å². The van der Waals surface area contributed by atoms with Gasteiger partial charge >= 0.3 is 5.97 Å². The number of amides is 1. The normalized spacial score (nSPS) is 17.2. The summed E-state index contributed by atoms with van der Waals surface area (Å²) in [6, 6.07) is 3.71. The third kappa shape index (κ3) is 3.51. The van der Waals surface area contributed by atoms with Gasteiger partial charge in [-0.25, -0.2) is 4.39 Å². The monoisotopic (exact) mass is 315 g/mol. The number of carboxylic acids is 1. The van der Waals surface area contributed by atoms with E-state index in [1.807, 2.05) is 0 Å². The van der Waals surface area contributed by atoms with E-state index in [9.17, 15) is 19.1 Å². The average Bonchev–Trinajstić information content (AvgIpc) is 2.45. The molecule has 1 aromatic carbocycles. The van der Waals surface area contributed by atoms with Gasteiger partial charge in [-0.05, 0) is 31.0 Å². The van der Waals surface area contributed by atoms with Crippen molar-refractivity contribution in [3.05, 3.63) is 34.6 Å². The summed E-state index contributed by atoms with van der Waals surface area (Å²) in [4.78, 5) is 23.4. The van der Waals surface area contributed by atoms with E-state index >= 15 is 0 Å². The number of benzene rings is 1. The minimum Gasteiger partial charge on any atom is -0.481 e. The van der Waals surface area contributed by atoms with Gasteiger partial charge in [-0.1, -0.05) is 11.6 Å². The van der Waals surface area contributed by atoms with E-state index in [1.54, 1.807) is 0 Å². The topological polar surface area (TPSA) is 75.6 Å². The number of aliphatic carboxylic acids is 1. The Morgan fingerprint density at radius 3 is 2.62 bits per heavy atom. The molecule has 0 aromatic heterocycles. The van der Waals surface area contributed by atoms with Crippen molar-refractivity contribution >= 4 is 23.5 Å². The zero-order valence-corrected chi connectivity index (χ0v) is 12.0. The molecule has 0 saturated carbocycles. The molecule has 1 saturated heterocycles. The highest BCUT2D eigenvalue weighted by Crippen LogP contribution is 2.30. The molecule has 114 valence electrons. The van der Waals surface area contributed by atoms with E-state index in [0.29, 0.717) is 26.1 Å². The summed E-state index contributed by atoms with van der Waals surface area (Å²) in [6.45, 7) is 0.599. The van der Waals surface area contributed by atoms with Crippen LogP contribution in [0.15, 0.2) is 18.2 Å². The third-order valence-electron chi connectivity index (χ3n) is 3.67. The van der Waals surface area contributed by atoms with Crippen molar-refractivity contribution in [3.63, 3.8) is 0 Å².